The topological polar surface area (TPSA) is 92.4 Å². The van der Waals surface area contributed by atoms with Crippen molar-refractivity contribution in [1.29, 1.82) is 0 Å². The third kappa shape index (κ3) is 5.59. The summed E-state index contributed by atoms with van der Waals surface area (Å²) in [5, 5.41) is 8.96. The van der Waals surface area contributed by atoms with E-state index in [4.69, 9.17) is 10.8 Å². The van der Waals surface area contributed by atoms with Crippen molar-refractivity contribution in [3.63, 3.8) is 0 Å². The lowest BCUT2D eigenvalue weighted by molar-refractivity contribution is 0.256. The van der Waals surface area contributed by atoms with Crippen LogP contribution in [0.1, 0.15) is 25.8 Å². The van der Waals surface area contributed by atoms with E-state index >= 15 is 0 Å². The predicted octanol–water partition coefficient (Wildman–Crippen LogP) is 1.10. The molecule has 0 fully saturated rings. The van der Waals surface area contributed by atoms with Gasteiger partial charge in [0, 0.05) is 18.3 Å². The summed E-state index contributed by atoms with van der Waals surface area (Å²) in [6.45, 7) is 3.80. The highest BCUT2D eigenvalue weighted by atomic mass is 32.2. The average molecular weight is 286 g/mol. The number of hydrogen-bond acceptors (Lipinski definition) is 4. The first-order valence-corrected chi connectivity index (χ1v) is 7.94. The molecule has 0 saturated carbocycles. The molecule has 1 unspecified atom stereocenters. The van der Waals surface area contributed by atoms with Crippen molar-refractivity contribution in [1.82, 2.24) is 4.72 Å². The lowest BCUT2D eigenvalue weighted by atomic mass is 10.0. The quantitative estimate of drug-likeness (QED) is 0.654. The lowest BCUT2D eigenvalue weighted by Gasteiger charge is -2.21. The number of sulfonamides is 1. The van der Waals surface area contributed by atoms with Crippen LogP contribution < -0.4 is 10.5 Å². The third-order valence-corrected chi connectivity index (χ3v) is 4.26. The Hall–Kier alpha value is -1.11. The zero-order chi connectivity index (χ0) is 14.5. The van der Waals surface area contributed by atoms with Crippen LogP contribution in [0.4, 0.5) is 5.69 Å². The largest absolute Gasteiger partial charge is 0.399 e. The van der Waals surface area contributed by atoms with E-state index in [1.165, 1.54) is 0 Å². The Bertz CT molecular complexity index is 500. The molecule has 1 aromatic rings. The molecule has 5 nitrogen and oxygen atoms in total. The van der Waals surface area contributed by atoms with Gasteiger partial charge in [-0.2, -0.15) is 0 Å². The van der Waals surface area contributed by atoms with E-state index in [1.807, 2.05) is 13.8 Å². The second kappa shape index (κ2) is 6.88. The van der Waals surface area contributed by atoms with Gasteiger partial charge in [-0.1, -0.05) is 26.0 Å². The first kappa shape index (κ1) is 15.9. The monoisotopic (exact) mass is 286 g/mol. The van der Waals surface area contributed by atoms with Crippen molar-refractivity contribution in [2.75, 3.05) is 12.3 Å². The molecule has 1 atom stereocenters. The maximum absolute atomic E-state index is 12.1. The maximum Gasteiger partial charge on any atom is 0.216 e. The number of nitrogen functional groups attached to an aromatic ring is 1. The second-order valence-corrected chi connectivity index (χ2v) is 6.74. The summed E-state index contributed by atoms with van der Waals surface area (Å²) in [6.07, 6.45) is 0.411. The normalized spacial score (nSPS) is 13.7. The molecule has 0 saturated heterocycles. The van der Waals surface area contributed by atoms with E-state index in [9.17, 15) is 8.42 Å². The van der Waals surface area contributed by atoms with E-state index in [2.05, 4.69) is 4.72 Å². The smallest absolute Gasteiger partial charge is 0.216 e. The van der Waals surface area contributed by atoms with Crippen LogP contribution in [0.15, 0.2) is 24.3 Å². The van der Waals surface area contributed by atoms with Gasteiger partial charge in [-0.3, -0.25) is 0 Å². The highest BCUT2D eigenvalue weighted by molar-refractivity contribution is 7.88. The fourth-order valence-corrected chi connectivity index (χ4v) is 3.40. The summed E-state index contributed by atoms with van der Waals surface area (Å²) in [4.78, 5) is 0. The molecule has 0 bridgehead atoms. The molecule has 0 aromatic heterocycles. The van der Waals surface area contributed by atoms with Gasteiger partial charge < -0.3 is 10.8 Å². The Balaban J connectivity index is 2.75. The molecule has 1 rings (SSSR count). The molecule has 19 heavy (non-hydrogen) atoms. The standard InChI is InChI=1S/C13H22N2O3S/c1-10(2)13(6-7-16)15-19(17,18)9-11-4-3-5-12(14)8-11/h3-5,8,10,13,15-16H,6-7,9,14H2,1-2H3. The van der Waals surface area contributed by atoms with Crippen LogP contribution in [0.5, 0.6) is 0 Å². The number of nitrogens with one attached hydrogen (secondary N) is 1. The van der Waals surface area contributed by atoms with Crippen molar-refractivity contribution in [3.05, 3.63) is 29.8 Å². The van der Waals surface area contributed by atoms with Gasteiger partial charge in [0.15, 0.2) is 0 Å². The average Bonchev–Trinajstić information content (AvgIpc) is 2.27. The van der Waals surface area contributed by atoms with Crippen molar-refractivity contribution in [2.24, 2.45) is 5.92 Å². The Morgan fingerprint density at radius 3 is 2.58 bits per heavy atom. The summed E-state index contributed by atoms with van der Waals surface area (Å²) in [5.41, 5.74) is 6.82. The molecule has 0 aliphatic carbocycles. The van der Waals surface area contributed by atoms with Crippen LogP contribution in [0.2, 0.25) is 0 Å². The van der Waals surface area contributed by atoms with Gasteiger partial charge in [-0.25, -0.2) is 13.1 Å². The summed E-state index contributed by atoms with van der Waals surface area (Å²) in [7, 11) is -3.43. The van der Waals surface area contributed by atoms with Crippen LogP contribution >= 0.6 is 0 Å². The molecule has 6 heteroatoms. The number of nitrogens with two attached hydrogens (primary N) is 1. The fraction of sp³-hybridized carbons (Fsp3) is 0.538. The molecular weight excluding hydrogens is 264 g/mol. The van der Waals surface area contributed by atoms with Gasteiger partial charge >= 0.3 is 0 Å². The molecule has 0 radical (unpaired) electrons. The Kier molecular flexibility index (Phi) is 5.78. The van der Waals surface area contributed by atoms with Crippen LogP contribution in [-0.4, -0.2) is 26.2 Å². The minimum atomic E-state index is -3.43. The molecule has 108 valence electrons. The van der Waals surface area contributed by atoms with E-state index in [-0.39, 0.29) is 24.3 Å². The highest BCUT2D eigenvalue weighted by Gasteiger charge is 2.20. The summed E-state index contributed by atoms with van der Waals surface area (Å²) < 4.78 is 26.8. The first-order chi connectivity index (χ1) is 8.84. The van der Waals surface area contributed by atoms with Crippen LogP contribution in [0, 0.1) is 5.92 Å². The molecule has 0 spiro atoms. The second-order valence-electron chi connectivity index (χ2n) is 4.98. The van der Waals surface area contributed by atoms with Gasteiger partial charge in [0.05, 0.1) is 5.75 Å². The lowest BCUT2D eigenvalue weighted by Crippen LogP contribution is -2.39. The maximum atomic E-state index is 12.1. The van der Waals surface area contributed by atoms with Crippen molar-refractivity contribution >= 4 is 15.7 Å². The van der Waals surface area contributed by atoms with E-state index in [0.717, 1.165) is 0 Å². The molecule has 4 N–H and O–H groups in total. The minimum absolute atomic E-state index is 0.0380. The third-order valence-electron chi connectivity index (χ3n) is 2.88. The predicted molar refractivity (Wildman–Crippen MR) is 76.9 cm³/mol. The summed E-state index contributed by atoms with van der Waals surface area (Å²) >= 11 is 0. The molecule has 0 amide bonds. The molecule has 0 aliphatic rings. The number of anilines is 1. The molecule has 1 aromatic carbocycles. The fourth-order valence-electron chi connectivity index (χ4n) is 1.84. The zero-order valence-corrected chi connectivity index (χ0v) is 12.2. The number of rotatable bonds is 7. The Labute approximate surface area is 114 Å². The van der Waals surface area contributed by atoms with Crippen LogP contribution in [-0.2, 0) is 15.8 Å². The van der Waals surface area contributed by atoms with Gasteiger partial charge in [-0.05, 0) is 30.0 Å². The summed E-state index contributed by atoms with van der Waals surface area (Å²) in [5.74, 6) is 0.0231. The first-order valence-electron chi connectivity index (χ1n) is 6.29. The SMILES string of the molecule is CC(C)C(CCO)NS(=O)(=O)Cc1cccc(N)c1. The van der Waals surface area contributed by atoms with Crippen molar-refractivity contribution < 1.29 is 13.5 Å². The van der Waals surface area contributed by atoms with E-state index < -0.39 is 10.0 Å². The van der Waals surface area contributed by atoms with Gasteiger partial charge in [0.2, 0.25) is 10.0 Å². The number of hydrogen-bond donors (Lipinski definition) is 3. The highest BCUT2D eigenvalue weighted by Crippen LogP contribution is 2.12. The van der Waals surface area contributed by atoms with Gasteiger partial charge in [0.25, 0.3) is 0 Å². The zero-order valence-electron chi connectivity index (χ0n) is 11.3. The van der Waals surface area contributed by atoms with Crippen LogP contribution in [0.25, 0.3) is 0 Å². The van der Waals surface area contributed by atoms with Crippen LogP contribution in [0.3, 0.4) is 0 Å². The van der Waals surface area contributed by atoms with E-state index in [1.54, 1.807) is 24.3 Å². The molecule has 0 heterocycles. The molecule has 0 aliphatic heterocycles. The van der Waals surface area contributed by atoms with Crippen molar-refractivity contribution in [3.8, 4) is 0 Å². The Morgan fingerprint density at radius 2 is 2.05 bits per heavy atom. The van der Waals surface area contributed by atoms with Gasteiger partial charge in [0.1, 0.15) is 0 Å². The summed E-state index contributed by atoms with van der Waals surface area (Å²) in [6, 6.07) is 6.57. The number of aliphatic hydroxyl groups excluding tert-OH is 1. The van der Waals surface area contributed by atoms with Gasteiger partial charge in [-0.15, -0.1) is 0 Å². The Morgan fingerprint density at radius 1 is 1.37 bits per heavy atom. The molecular formula is C13H22N2O3S. The minimum Gasteiger partial charge on any atom is -0.399 e. The van der Waals surface area contributed by atoms with E-state index in [0.29, 0.717) is 17.7 Å². The number of aliphatic hydroxyl groups is 1. The van der Waals surface area contributed by atoms with Crippen molar-refractivity contribution in [2.45, 2.75) is 32.1 Å². The number of benzene rings is 1.